The fourth-order valence-corrected chi connectivity index (χ4v) is 2.44. The normalized spacial score (nSPS) is 26.9. The van der Waals surface area contributed by atoms with Gasteiger partial charge < -0.3 is 10.0 Å². The van der Waals surface area contributed by atoms with E-state index in [0.29, 0.717) is 12.5 Å². The maximum atomic E-state index is 10.5. The highest BCUT2D eigenvalue weighted by molar-refractivity contribution is 5.49. The molecule has 0 aliphatic carbocycles. The number of nitrogens with zero attached hydrogens (tertiary/aromatic N) is 3. The van der Waals surface area contributed by atoms with Crippen molar-refractivity contribution in [3.05, 3.63) is 18.1 Å². The third kappa shape index (κ3) is 2.09. The lowest BCUT2D eigenvalue weighted by atomic mass is 9.79. The molecule has 0 saturated carbocycles. The summed E-state index contributed by atoms with van der Waals surface area (Å²) in [6, 6.07) is 0. The van der Waals surface area contributed by atoms with Crippen LogP contribution in [0.4, 0.5) is 5.82 Å². The molecule has 2 rings (SSSR count). The summed E-state index contributed by atoms with van der Waals surface area (Å²) in [5, 5.41) is 10.5. The van der Waals surface area contributed by atoms with Crippen molar-refractivity contribution in [3.8, 4) is 0 Å². The topological polar surface area (TPSA) is 49.2 Å². The predicted molar refractivity (Wildman–Crippen MR) is 72.7 cm³/mol. The summed E-state index contributed by atoms with van der Waals surface area (Å²) >= 11 is 0. The van der Waals surface area contributed by atoms with Gasteiger partial charge in [0.25, 0.3) is 0 Å². The van der Waals surface area contributed by atoms with Crippen molar-refractivity contribution in [1.29, 1.82) is 0 Å². The van der Waals surface area contributed by atoms with E-state index in [0.717, 1.165) is 17.9 Å². The van der Waals surface area contributed by atoms with Gasteiger partial charge in [0, 0.05) is 30.3 Å². The lowest BCUT2D eigenvalue weighted by Gasteiger charge is -2.30. The van der Waals surface area contributed by atoms with Crippen molar-refractivity contribution >= 4 is 5.82 Å². The molecule has 1 aliphatic heterocycles. The Balaban J connectivity index is 2.35. The number of hydrogen-bond acceptors (Lipinski definition) is 4. The lowest BCUT2D eigenvalue weighted by molar-refractivity contribution is -0.00891. The minimum Gasteiger partial charge on any atom is -0.388 e. The van der Waals surface area contributed by atoms with Gasteiger partial charge in [0.2, 0.25) is 0 Å². The number of rotatable bonds is 2. The third-order valence-electron chi connectivity index (χ3n) is 4.18. The Morgan fingerprint density at radius 3 is 2.44 bits per heavy atom. The molecule has 4 nitrogen and oxygen atoms in total. The molecular weight excluding hydrogens is 226 g/mol. The van der Waals surface area contributed by atoms with Crippen LogP contribution in [0.5, 0.6) is 0 Å². The van der Waals surface area contributed by atoms with Crippen LogP contribution in [0.1, 0.15) is 46.1 Å². The monoisotopic (exact) mass is 249 g/mol. The summed E-state index contributed by atoms with van der Waals surface area (Å²) in [6.07, 6.45) is 3.47. The van der Waals surface area contributed by atoms with Crippen LogP contribution in [-0.2, 0) is 0 Å². The number of aliphatic hydroxyl groups is 1. The van der Waals surface area contributed by atoms with Crippen LogP contribution in [0.15, 0.2) is 12.5 Å². The quantitative estimate of drug-likeness (QED) is 0.873. The standard InChI is InChI=1S/C14H23N3O/c1-10(2)11-6-15-9-16-12(11)17-7-13(3,4)14(5,18)8-17/h6,9-10,18H,7-8H2,1-5H3/t14-/m1/s1. The minimum absolute atomic E-state index is 0.133. The smallest absolute Gasteiger partial charge is 0.135 e. The highest BCUT2D eigenvalue weighted by atomic mass is 16.3. The molecule has 0 amide bonds. The molecule has 1 saturated heterocycles. The second-order valence-electron chi connectivity index (χ2n) is 6.47. The Labute approximate surface area is 109 Å². The number of anilines is 1. The summed E-state index contributed by atoms with van der Waals surface area (Å²) in [7, 11) is 0. The molecule has 1 atom stereocenters. The van der Waals surface area contributed by atoms with Crippen molar-refractivity contribution in [3.63, 3.8) is 0 Å². The molecule has 1 aromatic rings. The SMILES string of the molecule is CC(C)c1cncnc1N1CC(C)(C)[C@](C)(O)C1. The molecule has 2 heterocycles. The molecule has 100 valence electrons. The molecule has 0 spiro atoms. The molecule has 0 aromatic carbocycles. The van der Waals surface area contributed by atoms with Crippen LogP contribution in [0, 0.1) is 5.41 Å². The first-order valence-corrected chi connectivity index (χ1v) is 6.52. The molecule has 4 heteroatoms. The Bertz CT molecular complexity index is 424. The summed E-state index contributed by atoms with van der Waals surface area (Å²) in [5.74, 6) is 1.35. The Morgan fingerprint density at radius 2 is 1.94 bits per heavy atom. The van der Waals surface area contributed by atoms with E-state index in [9.17, 15) is 5.11 Å². The first-order valence-electron chi connectivity index (χ1n) is 6.52. The maximum absolute atomic E-state index is 10.5. The Morgan fingerprint density at radius 1 is 1.28 bits per heavy atom. The van der Waals surface area contributed by atoms with Crippen LogP contribution in [0.25, 0.3) is 0 Å². The van der Waals surface area contributed by atoms with Gasteiger partial charge >= 0.3 is 0 Å². The van der Waals surface area contributed by atoms with E-state index in [1.807, 2.05) is 13.1 Å². The fraction of sp³-hybridized carbons (Fsp3) is 0.714. The van der Waals surface area contributed by atoms with Crippen LogP contribution in [0.3, 0.4) is 0 Å². The van der Waals surface area contributed by atoms with Gasteiger partial charge in [-0.15, -0.1) is 0 Å². The van der Waals surface area contributed by atoms with Crippen molar-refractivity contribution in [1.82, 2.24) is 9.97 Å². The molecule has 0 unspecified atom stereocenters. The molecule has 1 aliphatic rings. The zero-order valence-corrected chi connectivity index (χ0v) is 11.9. The van der Waals surface area contributed by atoms with Crippen molar-refractivity contribution < 1.29 is 5.11 Å². The van der Waals surface area contributed by atoms with E-state index in [2.05, 4.69) is 42.6 Å². The van der Waals surface area contributed by atoms with Gasteiger partial charge in [0.15, 0.2) is 0 Å². The van der Waals surface area contributed by atoms with Crippen LogP contribution >= 0.6 is 0 Å². The Hall–Kier alpha value is -1.16. The molecule has 1 N–H and O–H groups in total. The molecule has 18 heavy (non-hydrogen) atoms. The van der Waals surface area contributed by atoms with Gasteiger partial charge in [0.1, 0.15) is 12.1 Å². The predicted octanol–water partition coefficient (Wildman–Crippen LogP) is 2.20. The zero-order valence-electron chi connectivity index (χ0n) is 11.9. The van der Waals surface area contributed by atoms with Crippen molar-refractivity contribution in [2.75, 3.05) is 18.0 Å². The Kier molecular flexibility index (Phi) is 3.09. The maximum Gasteiger partial charge on any atom is 0.135 e. The van der Waals surface area contributed by atoms with Gasteiger partial charge in [-0.05, 0) is 12.8 Å². The van der Waals surface area contributed by atoms with Gasteiger partial charge in [-0.2, -0.15) is 0 Å². The van der Waals surface area contributed by atoms with E-state index in [1.165, 1.54) is 0 Å². The summed E-state index contributed by atoms with van der Waals surface area (Å²) in [4.78, 5) is 10.7. The molecule has 1 fully saturated rings. The minimum atomic E-state index is -0.688. The average molecular weight is 249 g/mol. The van der Waals surface area contributed by atoms with Gasteiger partial charge in [0.05, 0.1) is 5.60 Å². The number of β-amino-alcohol motifs (C(OH)–C–C–N with tert-alkyl or cyclic N) is 1. The van der Waals surface area contributed by atoms with Crippen molar-refractivity contribution in [2.45, 2.75) is 46.1 Å². The number of aromatic nitrogens is 2. The summed E-state index contributed by atoms with van der Waals surface area (Å²) in [6.45, 7) is 11.8. The lowest BCUT2D eigenvalue weighted by Crippen LogP contribution is -2.40. The highest BCUT2D eigenvalue weighted by Gasteiger charge is 2.48. The zero-order chi connectivity index (χ0) is 13.6. The van der Waals surface area contributed by atoms with Gasteiger partial charge in [-0.3, -0.25) is 0 Å². The van der Waals surface area contributed by atoms with Gasteiger partial charge in [-0.1, -0.05) is 27.7 Å². The van der Waals surface area contributed by atoms with Crippen LogP contribution in [0.2, 0.25) is 0 Å². The highest BCUT2D eigenvalue weighted by Crippen LogP contribution is 2.41. The molecule has 0 bridgehead atoms. The van der Waals surface area contributed by atoms with Crippen molar-refractivity contribution in [2.24, 2.45) is 5.41 Å². The third-order valence-corrected chi connectivity index (χ3v) is 4.18. The van der Waals surface area contributed by atoms with E-state index in [1.54, 1.807) is 6.33 Å². The van der Waals surface area contributed by atoms with E-state index in [-0.39, 0.29) is 5.41 Å². The summed E-state index contributed by atoms with van der Waals surface area (Å²) in [5.41, 5.74) is 0.323. The first-order chi connectivity index (χ1) is 8.24. The second-order valence-corrected chi connectivity index (χ2v) is 6.47. The fourth-order valence-electron chi connectivity index (χ4n) is 2.44. The van der Waals surface area contributed by atoms with Crippen LogP contribution < -0.4 is 4.90 Å². The largest absolute Gasteiger partial charge is 0.388 e. The molecule has 1 aromatic heterocycles. The molecular formula is C14H23N3O. The van der Waals surface area contributed by atoms with E-state index >= 15 is 0 Å². The van der Waals surface area contributed by atoms with Gasteiger partial charge in [-0.25, -0.2) is 9.97 Å². The van der Waals surface area contributed by atoms with Crippen LogP contribution in [-0.4, -0.2) is 33.8 Å². The first kappa shape index (κ1) is 13.3. The summed E-state index contributed by atoms with van der Waals surface area (Å²) < 4.78 is 0. The van der Waals surface area contributed by atoms with E-state index < -0.39 is 5.60 Å². The van der Waals surface area contributed by atoms with E-state index in [4.69, 9.17) is 0 Å². The second kappa shape index (κ2) is 4.19. The average Bonchev–Trinajstić information content (AvgIpc) is 2.48. The molecule has 0 radical (unpaired) electrons. The number of hydrogen-bond donors (Lipinski definition) is 1.